The third kappa shape index (κ3) is 7.38. The van der Waals surface area contributed by atoms with Crippen LogP contribution >= 0.6 is 0 Å². The van der Waals surface area contributed by atoms with Gasteiger partial charge in [-0.25, -0.2) is 13.2 Å². The van der Waals surface area contributed by atoms with Crippen LogP contribution in [-0.2, 0) is 21.2 Å². The fourth-order valence-electron chi connectivity index (χ4n) is 2.76. The number of benzene rings is 1. The molecule has 1 amide bonds. The maximum atomic E-state index is 12.1. The van der Waals surface area contributed by atoms with Gasteiger partial charge in [0.1, 0.15) is 5.60 Å². The average molecular weight is 398 g/mol. The monoisotopic (exact) mass is 397 g/mol. The first-order valence-corrected chi connectivity index (χ1v) is 11.0. The van der Waals surface area contributed by atoms with E-state index < -0.39 is 15.6 Å². The highest BCUT2D eigenvalue weighted by Gasteiger charge is 2.25. The number of anilines is 1. The van der Waals surface area contributed by atoms with Crippen molar-refractivity contribution in [3.8, 4) is 0 Å². The lowest BCUT2D eigenvalue weighted by Crippen LogP contribution is -2.50. The van der Waals surface area contributed by atoms with E-state index in [4.69, 9.17) is 4.74 Å². The SMILES string of the molecule is CCS(=O)(=O)Nc1ccc(CCN2CCN(C(=O)OC(C)(C)C)CC2)cc1. The molecule has 1 heterocycles. The molecule has 1 aliphatic rings. The van der Waals surface area contributed by atoms with E-state index in [-0.39, 0.29) is 11.8 Å². The molecule has 8 heteroatoms. The van der Waals surface area contributed by atoms with Crippen molar-refractivity contribution < 1.29 is 17.9 Å². The molecular weight excluding hydrogens is 366 g/mol. The number of sulfonamides is 1. The molecule has 27 heavy (non-hydrogen) atoms. The van der Waals surface area contributed by atoms with Gasteiger partial charge in [0.15, 0.2) is 0 Å². The van der Waals surface area contributed by atoms with Gasteiger partial charge in [0, 0.05) is 38.4 Å². The second-order valence-corrected chi connectivity index (χ2v) is 9.77. The predicted octanol–water partition coefficient (Wildman–Crippen LogP) is 2.54. The van der Waals surface area contributed by atoms with Crippen molar-refractivity contribution in [3.05, 3.63) is 29.8 Å². The van der Waals surface area contributed by atoms with E-state index in [1.807, 2.05) is 32.9 Å². The lowest BCUT2D eigenvalue weighted by molar-refractivity contribution is 0.0146. The van der Waals surface area contributed by atoms with Gasteiger partial charge in [0.05, 0.1) is 5.75 Å². The molecule has 152 valence electrons. The normalized spacial score (nSPS) is 16.2. The molecule has 0 aliphatic carbocycles. The van der Waals surface area contributed by atoms with Gasteiger partial charge in [-0.3, -0.25) is 9.62 Å². The molecule has 0 bridgehead atoms. The molecule has 0 aromatic heterocycles. The summed E-state index contributed by atoms with van der Waals surface area (Å²) in [5.41, 5.74) is 1.28. The highest BCUT2D eigenvalue weighted by Crippen LogP contribution is 2.14. The molecule has 1 aromatic carbocycles. The molecule has 0 saturated carbocycles. The number of piperazine rings is 1. The summed E-state index contributed by atoms with van der Waals surface area (Å²) >= 11 is 0. The minimum Gasteiger partial charge on any atom is -0.444 e. The van der Waals surface area contributed by atoms with Crippen molar-refractivity contribution in [1.29, 1.82) is 0 Å². The topological polar surface area (TPSA) is 79.0 Å². The molecule has 1 saturated heterocycles. The van der Waals surface area contributed by atoms with Crippen LogP contribution in [0.15, 0.2) is 24.3 Å². The number of ether oxygens (including phenoxy) is 1. The third-order valence-corrected chi connectivity index (χ3v) is 5.65. The molecule has 1 aliphatic heterocycles. The Morgan fingerprint density at radius 3 is 2.22 bits per heavy atom. The van der Waals surface area contributed by atoms with E-state index in [0.29, 0.717) is 18.8 Å². The Balaban J connectivity index is 1.76. The summed E-state index contributed by atoms with van der Waals surface area (Å²) in [5, 5.41) is 0. The van der Waals surface area contributed by atoms with Gasteiger partial charge in [-0.2, -0.15) is 0 Å². The summed E-state index contributed by atoms with van der Waals surface area (Å²) in [4.78, 5) is 16.2. The second kappa shape index (κ2) is 8.93. The number of hydrogen-bond acceptors (Lipinski definition) is 5. The third-order valence-electron chi connectivity index (χ3n) is 4.35. The van der Waals surface area contributed by atoms with Crippen LogP contribution in [0.4, 0.5) is 10.5 Å². The Kier molecular flexibility index (Phi) is 7.11. The summed E-state index contributed by atoms with van der Waals surface area (Å²) < 4.78 is 31.1. The van der Waals surface area contributed by atoms with Crippen molar-refractivity contribution in [2.75, 3.05) is 43.2 Å². The first-order valence-electron chi connectivity index (χ1n) is 9.38. The van der Waals surface area contributed by atoms with Gasteiger partial charge < -0.3 is 9.64 Å². The van der Waals surface area contributed by atoms with Gasteiger partial charge >= 0.3 is 6.09 Å². The molecule has 1 aromatic rings. The van der Waals surface area contributed by atoms with Crippen molar-refractivity contribution >= 4 is 21.8 Å². The Morgan fingerprint density at radius 2 is 1.70 bits per heavy atom. The fraction of sp³-hybridized carbons (Fsp3) is 0.632. The smallest absolute Gasteiger partial charge is 0.410 e. The summed E-state index contributed by atoms with van der Waals surface area (Å²) in [6.07, 6.45) is 0.639. The molecule has 0 unspecified atom stereocenters. The lowest BCUT2D eigenvalue weighted by Gasteiger charge is -2.35. The molecule has 7 nitrogen and oxygen atoms in total. The fourth-order valence-corrected chi connectivity index (χ4v) is 3.40. The number of rotatable bonds is 6. The number of nitrogens with one attached hydrogen (secondary N) is 1. The van der Waals surface area contributed by atoms with E-state index in [1.54, 1.807) is 24.0 Å². The Labute approximate surface area is 162 Å². The van der Waals surface area contributed by atoms with Crippen LogP contribution < -0.4 is 4.72 Å². The van der Waals surface area contributed by atoms with Crippen LogP contribution in [0.3, 0.4) is 0 Å². The summed E-state index contributed by atoms with van der Waals surface area (Å²) in [6.45, 7) is 11.1. The zero-order valence-corrected chi connectivity index (χ0v) is 17.5. The average Bonchev–Trinajstić information content (AvgIpc) is 2.60. The molecule has 0 atom stereocenters. The number of carbonyl (C=O) groups is 1. The molecule has 0 radical (unpaired) electrons. The standard InChI is InChI=1S/C19H31N3O4S/c1-5-27(24,25)20-17-8-6-16(7-9-17)10-11-21-12-14-22(15-13-21)18(23)26-19(2,3)4/h6-9,20H,5,10-15H2,1-4H3. The minimum atomic E-state index is -3.24. The van der Waals surface area contributed by atoms with E-state index in [1.165, 1.54) is 0 Å². The van der Waals surface area contributed by atoms with Crippen LogP contribution in [0.2, 0.25) is 0 Å². The molecule has 1 fully saturated rings. The van der Waals surface area contributed by atoms with Gasteiger partial charge in [-0.1, -0.05) is 12.1 Å². The quantitative estimate of drug-likeness (QED) is 0.798. The Morgan fingerprint density at radius 1 is 1.11 bits per heavy atom. The summed E-state index contributed by atoms with van der Waals surface area (Å²) in [6, 6.07) is 7.49. The van der Waals surface area contributed by atoms with Crippen LogP contribution in [0.1, 0.15) is 33.3 Å². The van der Waals surface area contributed by atoms with Gasteiger partial charge in [0.2, 0.25) is 10.0 Å². The summed E-state index contributed by atoms with van der Waals surface area (Å²) in [5.74, 6) is 0.0595. The summed E-state index contributed by atoms with van der Waals surface area (Å²) in [7, 11) is -3.24. The van der Waals surface area contributed by atoms with Crippen LogP contribution in [0.25, 0.3) is 0 Å². The number of hydrogen-bond donors (Lipinski definition) is 1. The first-order chi connectivity index (χ1) is 12.6. The number of carbonyl (C=O) groups excluding carboxylic acids is 1. The van der Waals surface area contributed by atoms with E-state index >= 15 is 0 Å². The molecule has 0 spiro atoms. The van der Waals surface area contributed by atoms with Crippen molar-refractivity contribution in [2.24, 2.45) is 0 Å². The van der Waals surface area contributed by atoms with Crippen molar-refractivity contribution in [1.82, 2.24) is 9.80 Å². The van der Waals surface area contributed by atoms with Gasteiger partial charge in [-0.15, -0.1) is 0 Å². The highest BCUT2D eigenvalue weighted by molar-refractivity contribution is 7.92. The molecule has 1 N–H and O–H groups in total. The van der Waals surface area contributed by atoms with Crippen LogP contribution in [0.5, 0.6) is 0 Å². The Bertz CT molecular complexity index is 718. The van der Waals surface area contributed by atoms with E-state index in [9.17, 15) is 13.2 Å². The van der Waals surface area contributed by atoms with Crippen molar-refractivity contribution in [3.63, 3.8) is 0 Å². The largest absolute Gasteiger partial charge is 0.444 e. The molecular formula is C19H31N3O4S. The second-order valence-electron chi connectivity index (χ2n) is 7.76. The number of nitrogens with zero attached hydrogens (tertiary/aromatic N) is 2. The lowest BCUT2D eigenvalue weighted by atomic mass is 10.1. The number of amides is 1. The minimum absolute atomic E-state index is 0.0595. The van der Waals surface area contributed by atoms with E-state index in [0.717, 1.165) is 31.6 Å². The van der Waals surface area contributed by atoms with Crippen molar-refractivity contribution in [2.45, 2.75) is 39.7 Å². The van der Waals surface area contributed by atoms with E-state index in [2.05, 4.69) is 9.62 Å². The highest BCUT2D eigenvalue weighted by atomic mass is 32.2. The predicted molar refractivity (Wildman–Crippen MR) is 107 cm³/mol. The van der Waals surface area contributed by atoms with Crippen LogP contribution in [-0.4, -0.2) is 68.4 Å². The Hall–Kier alpha value is -1.80. The first kappa shape index (κ1) is 21.5. The van der Waals surface area contributed by atoms with Gasteiger partial charge in [0.25, 0.3) is 0 Å². The van der Waals surface area contributed by atoms with Gasteiger partial charge in [-0.05, 0) is 51.8 Å². The van der Waals surface area contributed by atoms with Crippen LogP contribution in [0, 0.1) is 0 Å². The zero-order chi connectivity index (χ0) is 20.1. The zero-order valence-electron chi connectivity index (χ0n) is 16.7. The maximum Gasteiger partial charge on any atom is 0.410 e. The maximum absolute atomic E-state index is 12.1. The molecule has 2 rings (SSSR count).